The van der Waals surface area contributed by atoms with E-state index in [4.69, 9.17) is 0 Å². The minimum Gasteiger partial charge on any atom is -0.345 e. The van der Waals surface area contributed by atoms with Gasteiger partial charge in [0.25, 0.3) is 0 Å². The first-order valence-electron chi connectivity index (χ1n) is 11.7. The van der Waals surface area contributed by atoms with Crippen molar-refractivity contribution in [3.8, 4) is 0 Å². The molecule has 0 saturated heterocycles. The highest BCUT2D eigenvalue weighted by Crippen LogP contribution is 2.60. The number of hydrogen-bond donors (Lipinski definition) is 0. The maximum Gasteiger partial charge on any atom is 0.229 e. The Morgan fingerprint density at radius 3 is 2.43 bits per heavy atom. The minimum absolute atomic E-state index is 0.0934. The number of aromatic nitrogens is 1. The number of halogens is 1. The van der Waals surface area contributed by atoms with Gasteiger partial charge in [-0.15, -0.1) is 0 Å². The number of rotatable bonds is 7. The van der Waals surface area contributed by atoms with Gasteiger partial charge in [-0.2, -0.15) is 0 Å². The van der Waals surface area contributed by atoms with Gasteiger partial charge < -0.3 is 9.47 Å². The number of benzene rings is 1. The second-order valence-corrected chi connectivity index (χ2v) is 10.2. The Bertz CT molecular complexity index is 882. The van der Waals surface area contributed by atoms with Crippen LogP contribution in [0.3, 0.4) is 0 Å². The Balaban J connectivity index is 1.35. The van der Waals surface area contributed by atoms with Gasteiger partial charge in [-0.1, -0.05) is 19.1 Å². The fourth-order valence-electron chi connectivity index (χ4n) is 7.01. The molecule has 4 fully saturated rings. The first kappa shape index (κ1) is 19.8. The van der Waals surface area contributed by atoms with Crippen molar-refractivity contribution in [1.82, 2.24) is 9.47 Å². The molecule has 30 heavy (non-hydrogen) atoms. The van der Waals surface area contributed by atoms with Gasteiger partial charge in [0.05, 0.1) is 12.0 Å². The summed E-state index contributed by atoms with van der Waals surface area (Å²) in [4.78, 5) is 16.0. The van der Waals surface area contributed by atoms with E-state index in [2.05, 4.69) is 22.5 Å². The van der Waals surface area contributed by atoms with E-state index >= 15 is 0 Å². The van der Waals surface area contributed by atoms with Crippen LogP contribution in [0.25, 0.3) is 0 Å². The van der Waals surface area contributed by atoms with Gasteiger partial charge in [-0.25, -0.2) is 4.39 Å². The molecule has 4 bridgehead atoms. The van der Waals surface area contributed by atoms with Crippen LogP contribution in [0.5, 0.6) is 0 Å². The maximum atomic E-state index is 13.9. The summed E-state index contributed by atoms with van der Waals surface area (Å²) in [5, 5.41) is 0. The zero-order chi connectivity index (χ0) is 20.7. The Morgan fingerprint density at radius 2 is 1.80 bits per heavy atom. The molecule has 3 nitrogen and oxygen atoms in total. The highest BCUT2D eigenvalue weighted by molar-refractivity contribution is 5.83. The largest absolute Gasteiger partial charge is 0.345 e. The van der Waals surface area contributed by atoms with Gasteiger partial charge in [0.15, 0.2) is 0 Å². The molecule has 160 valence electrons. The third-order valence-electron chi connectivity index (χ3n) is 7.79. The molecule has 0 atom stereocenters. The quantitative estimate of drug-likeness (QED) is 0.583. The Hall–Kier alpha value is -2.10. The molecule has 0 aliphatic heterocycles. The van der Waals surface area contributed by atoms with Crippen molar-refractivity contribution >= 4 is 5.91 Å². The summed E-state index contributed by atoms with van der Waals surface area (Å²) < 4.78 is 15.8. The second-order valence-electron chi connectivity index (χ2n) is 10.2. The normalized spacial score (nSPS) is 29.3. The summed E-state index contributed by atoms with van der Waals surface area (Å²) in [5.74, 6) is 2.54. The van der Waals surface area contributed by atoms with Crippen LogP contribution in [0.2, 0.25) is 0 Å². The SMILES string of the molecule is CCCN(Cc1cccn1Cc1cccc(F)c1)C(=O)C12CC3CC(CC(C3)C1)C2. The van der Waals surface area contributed by atoms with Crippen molar-refractivity contribution in [3.05, 3.63) is 59.7 Å². The Morgan fingerprint density at radius 1 is 1.10 bits per heavy atom. The van der Waals surface area contributed by atoms with E-state index in [9.17, 15) is 9.18 Å². The lowest BCUT2D eigenvalue weighted by atomic mass is 9.49. The average molecular weight is 409 g/mol. The molecule has 1 aromatic carbocycles. The molecule has 1 heterocycles. The third-order valence-corrected chi connectivity index (χ3v) is 7.79. The van der Waals surface area contributed by atoms with Crippen LogP contribution in [0.15, 0.2) is 42.6 Å². The molecular formula is C26H33FN2O. The number of hydrogen-bond acceptors (Lipinski definition) is 1. The van der Waals surface area contributed by atoms with E-state index in [1.165, 1.54) is 25.3 Å². The fourth-order valence-corrected chi connectivity index (χ4v) is 7.01. The van der Waals surface area contributed by atoms with Crippen molar-refractivity contribution < 1.29 is 9.18 Å². The number of carbonyl (C=O) groups is 1. The third kappa shape index (κ3) is 3.70. The van der Waals surface area contributed by atoms with Crippen LogP contribution < -0.4 is 0 Å². The minimum atomic E-state index is -0.203. The summed E-state index contributed by atoms with van der Waals surface area (Å²) in [6.07, 6.45) is 10.4. The Kier molecular flexibility index (Phi) is 5.20. The summed E-state index contributed by atoms with van der Waals surface area (Å²) in [7, 11) is 0. The summed E-state index contributed by atoms with van der Waals surface area (Å²) in [6, 6.07) is 10.9. The van der Waals surface area contributed by atoms with Crippen molar-refractivity contribution in [2.24, 2.45) is 23.2 Å². The van der Waals surface area contributed by atoms with Crippen LogP contribution in [-0.2, 0) is 17.9 Å². The lowest BCUT2D eigenvalue weighted by Crippen LogP contribution is -2.54. The monoisotopic (exact) mass is 408 g/mol. The van der Waals surface area contributed by atoms with Crippen molar-refractivity contribution in [2.75, 3.05) is 6.54 Å². The van der Waals surface area contributed by atoms with Crippen molar-refractivity contribution in [2.45, 2.75) is 65.0 Å². The Labute approximate surface area is 179 Å². The molecule has 4 aliphatic rings. The molecule has 2 aromatic rings. The predicted molar refractivity (Wildman–Crippen MR) is 116 cm³/mol. The van der Waals surface area contributed by atoms with E-state index in [0.29, 0.717) is 19.0 Å². The van der Waals surface area contributed by atoms with Crippen LogP contribution in [0.1, 0.15) is 63.1 Å². The number of amides is 1. The van der Waals surface area contributed by atoms with Crippen LogP contribution in [0, 0.1) is 29.0 Å². The van der Waals surface area contributed by atoms with E-state index < -0.39 is 0 Å². The van der Waals surface area contributed by atoms with E-state index in [-0.39, 0.29) is 11.2 Å². The standard InChI is InChI=1S/C26H33FN2O/c1-2-8-29(25(30)26-14-20-10-21(15-26)12-22(11-20)16-26)18-24-7-4-9-28(24)17-19-5-3-6-23(27)13-19/h3-7,9,13,20-22H,2,8,10-12,14-18H2,1H3. The van der Waals surface area contributed by atoms with E-state index in [0.717, 1.165) is 61.2 Å². The van der Waals surface area contributed by atoms with Crippen molar-refractivity contribution in [3.63, 3.8) is 0 Å². The molecule has 6 rings (SSSR count). The average Bonchev–Trinajstić information content (AvgIpc) is 3.12. The first-order valence-corrected chi connectivity index (χ1v) is 11.7. The molecule has 0 radical (unpaired) electrons. The molecule has 1 aromatic heterocycles. The molecular weight excluding hydrogens is 375 g/mol. The predicted octanol–water partition coefficient (Wildman–Crippen LogP) is 5.63. The molecule has 4 heteroatoms. The van der Waals surface area contributed by atoms with Gasteiger partial charge in [0.1, 0.15) is 5.82 Å². The van der Waals surface area contributed by atoms with Crippen LogP contribution in [0.4, 0.5) is 4.39 Å². The molecule has 0 N–H and O–H groups in total. The van der Waals surface area contributed by atoms with Gasteiger partial charge >= 0.3 is 0 Å². The highest BCUT2D eigenvalue weighted by atomic mass is 19.1. The highest BCUT2D eigenvalue weighted by Gasteiger charge is 2.55. The maximum absolute atomic E-state index is 13.9. The van der Waals surface area contributed by atoms with Gasteiger partial charge in [0.2, 0.25) is 5.91 Å². The van der Waals surface area contributed by atoms with Crippen LogP contribution in [-0.4, -0.2) is 21.9 Å². The summed E-state index contributed by atoms with van der Waals surface area (Å²) in [5.41, 5.74) is 1.98. The smallest absolute Gasteiger partial charge is 0.229 e. The topological polar surface area (TPSA) is 25.2 Å². The lowest BCUT2D eigenvalue weighted by molar-refractivity contribution is -0.158. The van der Waals surface area contributed by atoms with Crippen molar-refractivity contribution in [1.29, 1.82) is 0 Å². The summed E-state index contributed by atoms with van der Waals surface area (Å²) >= 11 is 0. The molecule has 4 saturated carbocycles. The second kappa shape index (κ2) is 7.86. The van der Waals surface area contributed by atoms with Gasteiger partial charge in [-0.3, -0.25) is 4.79 Å². The molecule has 4 aliphatic carbocycles. The number of nitrogens with zero attached hydrogens (tertiary/aromatic N) is 2. The molecule has 0 spiro atoms. The summed E-state index contributed by atoms with van der Waals surface area (Å²) in [6.45, 7) is 4.25. The lowest BCUT2D eigenvalue weighted by Gasteiger charge is -2.56. The first-order chi connectivity index (χ1) is 14.5. The van der Waals surface area contributed by atoms with Crippen LogP contribution >= 0.6 is 0 Å². The zero-order valence-electron chi connectivity index (χ0n) is 18.0. The van der Waals surface area contributed by atoms with E-state index in [1.54, 1.807) is 12.1 Å². The van der Waals surface area contributed by atoms with E-state index in [1.807, 2.05) is 18.3 Å². The molecule has 1 amide bonds. The number of carbonyl (C=O) groups excluding carboxylic acids is 1. The van der Waals surface area contributed by atoms with Gasteiger partial charge in [-0.05, 0) is 92.5 Å². The zero-order valence-corrected chi connectivity index (χ0v) is 18.0. The van der Waals surface area contributed by atoms with Gasteiger partial charge in [0, 0.05) is 25.0 Å². The fraction of sp³-hybridized carbons (Fsp3) is 0.577. The molecule has 0 unspecified atom stereocenters.